The van der Waals surface area contributed by atoms with E-state index in [-0.39, 0.29) is 5.41 Å². The van der Waals surface area contributed by atoms with E-state index in [4.69, 9.17) is 0 Å². The second kappa shape index (κ2) is 14.0. The molecule has 11 aromatic rings. The number of hydrogen-bond acceptors (Lipinski definition) is 2. The highest BCUT2D eigenvalue weighted by Crippen LogP contribution is 2.60. The Morgan fingerprint density at radius 3 is 1.75 bits per heavy atom. The van der Waals surface area contributed by atoms with Crippen LogP contribution in [-0.2, 0) is 10.8 Å². The summed E-state index contributed by atoms with van der Waals surface area (Å²) in [5.74, 6) is 0. The summed E-state index contributed by atoms with van der Waals surface area (Å²) in [5, 5.41) is 5.19. The molecule has 0 atom stereocenters. The molecule has 0 saturated heterocycles. The first kappa shape index (κ1) is 37.1. The lowest BCUT2D eigenvalue weighted by Crippen LogP contribution is -2.28. The molecule has 0 radical (unpaired) electrons. The Bertz CT molecular complexity index is 3590. The van der Waals surface area contributed by atoms with Crippen LogP contribution in [0.3, 0.4) is 0 Å². The van der Waals surface area contributed by atoms with E-state index in [2.05, 4.69) is 243 Å². The van der Waals surface area contributed by atoms with Crippen LogP contribution in [-0.4, -0.2) is 0 Å². The van der Waals surface area contributed by atoms with Crippen molar-refractivity contribution in [3.05, 3.63) is 258 Å². The second-order valence-corrected chi connectivity index (χ2v) is 19.0. The molecule has 0 unspecified atom stereocenters. The Kier molecular flexibility index (Phi) is 8.11. The average Bonchev–Trinajstić information content (AvgIpc) is 3.96. The van der Waals surface area contributed by atoms with Gasteiger partial charge in [-0.1, -0.05) is 202 Å². The predicted octanol–water partition coefficient (Wildman–Crippen LogP) is 17.0. The third kappa shape index (κ3) is 5.18. The van der Waals surface area contributed by atoms with Gasteiger partial charge in [0.2, 0.25) is 0 Å². The molecule has 2 aliphatic rings. The van der Waals surface area contributed by atoms with Crippen LogP contribution in [0.5, 0.6) is 0 Å². The van der Waals surface area contributed by atoms with E-state index < -0.39 is 5.41 Å². The molecule has 13 rings (SSSR count). The van der Waals surface area contributed by atoms with Crippen molar-refractivity contribution in [3.63, 3.8) is 0 Å². The van der Waals surface area contributed by atoms with Gasteiger partial charge >= 0.3 is 0 Å². The Morgan fingerprint density at radius 1 is 0.406 bits per heavy atom. The normalized spacial score (nSPS) is 14.0. The van der Waals surface area contributed by atoms with Crippen molar-refractivity contribution >= 4 is 59.3 Å². The Labute approximate surface area is 378 Å². The van der Waals surface area contributed by atoms with Crippen molar-refractivity contribution in [2.45, 2.75) is 24.7 Å². The third-order valence-corrected chi connectivity index (χ3v) is 15.5. The molecule has 0 N–H and O–H groups in total. The van der Waals surface area contributed by atoms with Crippen LogP contribution >= 0.6 is 11.3 Å². The lowest BCUT2D eigenvalue weighted by Gasteiger charge is -2.35. The molecular formula is C62H43NS. The topological polar surface area (TPSA) is 3.24 Å². The quantitative estimate of drug-likeness (QED) is 0.161. The van der Waals surface area contributed by atoms with Crippen LogP contribution in [0.15, 0.2) is 224 Å². The van der Waals surface area contributed by atoms with Crippen LogP contribution in [0.1, 0.15) is 47.2 Å². The maximum atomic E-state index is 2.55. The summed E-state index contributed by atoms with van der Waals surface area (Å²) in [5.41, 5.74) is 18.2. The van der Waals surface area contributed by atoms with Gasteiger partial charge in [0.05, 0.1) is 11.1 Å². The fourth-order valence-electron chi connectivity index (χ4n) is 11.6. The minimum Gasteiger partial charge on any atom is -0.310 e. The highest BCUT2D eigenvalue weighted by Gasteiger charge is 2.47. The highest BCUT2D eigenvalue weighted by atomic mass is 32.1. The molecule has 0 saturated carbocycles. The number of thiophene rings is 1. The van der Waals surface area contributed by atoms with Crippen LogP contribution < -0.4 is 4.90 Å². The first-order chi connectivity index (χ1) is 31.5. The van der Waals surface area contributed by atoms with Gasteiger partial charge in [-0.2, -0.15) is 0 Å². The zero-order valence-electron chi connectivity index (χ0n) is 35.7. The van der Waals surface area contributed by atoms with Crippen LogP contribution in [0.4, 0.5) is 17.1 Å². The van der Waals surface area contributed by atoms with Crippen molar-refractivity contribution < 1.29 is 0 Å². The van der Waals surface area contributed by atoms with E-state index >= 15 is 0 Å². The lowest BCUT2D eigenvalue weighted by atomic mass is 9.67. The molecule has 0 spiro atoms. The maximum Gasteiger partial charge on any atom is 0.0714 e. The molecule has 1 aromatic heterocycles. The highest BCUT2D eigenvalue weighted by molar-refractivity contribution is 7.26. The summed E-state index contributed by atoms with van der Waals surface area (Å²) in [6.45, 7) is 4.81. The van der Waals surface area contributed by atoms with Gasteiger partial charge in [-0.05, 0) is 108 Å². The van der Waals surface area contributed by atoms with E-state index in [9.17, 15) is 0 Å². The summed E-state index contributed by atoms with van der Waals surface area (Å²) < 4.78 is 2.65. The van der Waals surface area contributed by atoms with E-state index in [1.807, 2.05) is 11.3 Å². The average molecular weight is 834 g/mol. The van der Waals surface area contributed by atoms with Gasteiger partial charge in [0, 0.05) is 42.5 Å². The van der Waals surface area contributed by atoms with Crippen molar-refractivity contribution in [2.75, 3.05) is 4.90 Å². The largest absolute Gasteiger partial charge is 0.310 e. The van der Waals surface area contributed by atoms with Crippen LogP contribution in [0, 0.1) is 0 Å². The number of nitrogens with zero attached hydrogens (tertiary/aromatic N) is 1. The van der Waals surface area contributed by atoms with Crippen LogP contribution in [0.2, 0.25) is 0 Å². The molecular weight excluding hydrogens is 791 g/mol. The molecule has 1 heterocycles. The van der Waals surface area contributed by atoms with E-state index in [0.29, 0.717) is 0 Å². The maximum absolute atomic E-state index is 2.55. The number of rotatable bonds is 6. The number of fused-ring (bicyclic) bond motifs is 11. The minimum atomic E-state index is -0.525. The van der Waals surface area contributed by atoms with Gasteiger partial charge in [-0.3, -0.25) is 0 Å². The fraction of sp³-hybridized carbons (Fsp3) is 0.0645. The molecule has 10 aromatic carbocycles. The van der Waals surface area contributed by atoms with Gasteiger partial charge in [0.15, 0.2) is 0 Å². The molecule has 1 nitrogen and oxygen atoms in total. The first-order valence-corrected chi connectivity index (χ1v) is 23.2. The van der Waals surface area contributed by atoms with E-state index in [1.54, 1.807) is 0 Å². The first-order valence-electron chi connectivity index (χ1n) is 22.3. The van der Waals surface area contributed by atoms with Crippen molar-refractivity contribution in [2.24, 2.45) is 0 Å². The van der Waals surface area contributed by atoms with Gasteiger partial charge in [0.1, 0.15) is 0 Å². The molecule has 2 heteroatoms. The van der Waals surface area contributed by atoms with Crippen LogP contribution in [0.25, 0.3) is 64.3 Å². The monoisotopic (exact) mass is 833 g/mol. The van der Waals surface area contributed by atoms with Crippen molar-refractivity contribution in [3.8, 4) is 33.4 Å². The minimum absolute atomic E-state index is 0.199. The smallest absolute Gasteiger partial charge is 0.0714 e. The Balaban J connectivity index is 1.09. The molecule has 302 valence electrons. The van der Waals surface area contributed by atoms with Gasteiger partial charge in [-0.25, -0.2) is 0 Å². The van der Waals surface area contributed by atoms with Gasteiger partial charge < -0.3 is 4.90 Å². The zero-order valence-corrected chi connectivity index (χ0v) is 36.5. The standard InChI is InChI=1S/C62H43NS/c1-61(2)53-29-14-12-26-52(53)58-56(38-41-18-9-10-23-46(41)59(58)61)63(44-34-32-40(33-35-44)47-27-17-28-51-50-25-13-16-31-57(50)64-60(47)51)45-36-37-49-48-24-11-15-30-54(48)62(55(49)39-45,42-19-5-3-6-20-42)43-21-7-4-8-22-43/h3-39H,1-2H3. The van der Waals surface area contributed by atoms with E-state index in [1.165, 1.54) is 103 Å². The summed E-state index contributed by atoms with van der Waals surface area (Å²) in [6.07, 6.45) is 0. The summed E-state index contributed by atoms with van der Waals surface area (Å²) in [7, 11) is 0. The van der Waals surface area contributed by atoms with Gasteiger partial charge in [-0.15, -0.1) is 11.3 Å². The predicted molar refractivity (Wildman–Crippen MR) is 272 cm³/mol. The van der Waals surface area contributed by atoms with Crippen molar-refractivity contribution in [1.82, 2.24) is 0 Å². The zero-order chi connectivity index (χ0) is 42.6. The molecule has 0 aliphatic heterocycles. The van der Waals surface area contributed by atoms with E-state index in [0.717, 1.165) is 11.4 Å². The molecule has 0 fully saturated rings. The number of anilines is 3. The second-order valence-electron chi connectivity index (χ2n) is 18.0. The Hall–Kier alpha value is -7.52. The molecule has 2 aliphatic carbocycles. The van der Waals surface area contributed by atoms with Crippen molar-refractivity contribution in [1.29, 1.82) is 0 Å². The molecule has 0 amide bonds. The Morgan fingerprint density at radius 2 is 0.984 bits per heavy atom. The number of hydrogen-bond donors (Lipinski definition) is 0. The molecule has 64 heavy (non-hydrogen) atoms. The summed E-state index contributed by atoms with van der Waals surface area (Å²) >= 11 is 1.89. The number of benzene rings is 10. The fourth-order valence-corrected chi connectivity index (χ4v) is 12.8. The SMILES string of the molecule is CC1(C)c2ccccc2-c2c(N(c3ccc(-c4cccc5c4sc4ccccc45)cc3)c3ccc4c(c3)C(c3ccccc3)(c3ccccc3)c3ccccc3-4)cc3ccccc3c21. The molecule has 0 bridgehead atoms. The summed E-state index contributed by atoms with van der Waals surface area (Å²) in [4.78, 5) is 2.55. The lowest BCUT2D eigenvalue weighted by molar-refractivity contribution is 0.666. The van der Waals surface area contributed by atoms with Gasteiger partial charge in [0.25, 0.3) is 0 Å². The summed E-state index contributed by atoms with van der Waals surface area (Å²) in [6, 6.07) is 84.0. The third-order valence-electron chi connectivity index (χ3n) is 14.3.